The van der Waals surface area contributed by atoms with E-state index in [9.17, 15) is 29.1 Å². The van der Waals surface area contributed by atoms with Crippen LogP contribution in [0.4, 0.5) is 4.79 Å². The van der Waals surface area contributed by atoms with Crippen molar-refractivity contribution in [1.29, 1.82) is 5.41 Å². The summed E-state index contributed by atoms with van der Waals surface area (Å²) in [6.45, 7) is 0.698. The monoisotopic (exact) mass is 584 g/mol. The summed E-state index contributed by atoms with van der Waals surface area (Å²) in [5, 5.41) is 27.8. The maximum absolute atomic E-state index is 13.5. The molecule has 0 atom stereocenters. The van der Waals surface area contributed by atoms with E-state index in [1.807, 2.05) is 0 Å². The van der Waals surface area contributed by atoms with Gasteiger partial charge in [0.05, 0.1) is 5.92 Å². The molecule has 4 saturated carbocycles. The van der Waals surface area contributed by atoms with E-state index in [0.29, 0.717) is 64.3 Å². The molecule has 5 fully saturated rings. The van der Waals surface area contributed by atoms with Gasteiger partial charge in [-0.05, 0) is 87.9 Å². The van der Waals surface area contributed by atoms with Gasteiger partial charge in [-0.3, -0.25) is 33.8 Å². The number of aromatic hydroxyl groups is 1. The molecular formula is C29H40N6O7. The van der Waals surface area contributed by atoms with Gasteiger partial charge in [0.15, 0.2) is 0 Å². The van der Waals surface area contributed by atoms with Crippen LogP contribution < -0.4 is 17.0 Å². The molecule has 228 valence electrons. The lowest BCUT2D eigenvalue weighted by atomic mass is 9.51. The van der Waals surface area contributed by atoms with Gasteiger partial charge in [-0.25, -0.2) is 9.59 Å². The zero-order valence-electron chi connectivity index (χ0n) is 24.0. The van der Waals surface area contributed by atoms with Gasteiger partial charge in [-0.2, -0.15) is 0 Å². The largest absolute Gasteiger partial charge is 0.494 e. The van der Waals surface area contributed by atoms with E-state index in [0.717, 1.165) is 19.3 Å². The lowest BCUT2D eigenvalue weighted by molar-refractivity contribution is -0.150. The lowest BCUT2D eigenvalue weighted by Crippen LogP contribution is -2.64. The Hall–Kier alpha value is -3.64. The molecule has 1 saturated heterocycles. The van der Waals surface area contributed by atoms with Crippen molar-refractivity contribution >= 4 is 23.7 Å². The van der Waals surface area contributed by atoms with E-state index in [2.05, 4.69) is 0 Å². The smallest absolute Gasteiger partial charge is 0.334 e. The standard InChI is InChI=1S/C29H40N6O7/c1-32-25(40)29(34(26(32)41)10-7-17-11-18(12-17)24(38)39)14-28(15-29)8-5-19(6-9-28)35-23(37)20(21(30)31)22(36)33(27(35)42)13-16-3-2-4-16/h16-19,36H,2-15H2,1H3,(H3,30,31)(H,38,39). The highest BCUT2D eigenvalue weighted by molar-refractivity contribution is 6.07. The summed E-state index contributed by atoms with van der Waals surface area (Å²) in [6, 6.07) is -0.726. The van der Waals surface area contributed by atoms with Gasteiger partial charge in [0, 0.05) is 26.2 Å². The summed E-state index contributed by atoms with van der Waals surface area (Å²) in [7, 11) is 1.51. The fourth-order valence-electron chi connectivity index (χ4n) is 8.35. The molecule has 1 aromatic heterocycles. The summed E-state index contributed by atoms with van der Waals surface area (Å²) >= 11 is 0. The molecule has 13 heteroatoms. The average Bonchev–Trinajstić information content (AvgIpc) is 3.03. The van der Waals surface area contributed by atoms with Crippen molar-refractivity contribution in [2.45, 2.75) is 95.2 Å². The van der Waals surface area contributed by atoms with Gasteiger partial charge in [0.1, 0.15) is 16.9 Å². The van der Waals surface area contributed by atoms with Gasteiger partial charge in [-0.15, -0.1) is 0 Å². The molecule has 42 heavy (non-hydrogen) atoms. The van der Waals surface area contributed by atoms with Crippen molar-refractivity contribution in [3.05, 3.63) is 26.4 Å². The summed E-state index contributed by atoms with van der Waals surface area (Å²) in [5.41, 5.74) is 2.94. The number of imide groups is 1. The van der Waals surface area contributed by atoms with Crippen LogP contribution in [0.3, 0.4) is 0 Å². The Morgan fingerprint density at radius 1 is 1.05 bits per heavy atom. The molecule has 2 spiro atoms. The number of hydrogen-bond donors (Lipinski definition) is 4. The number of nitrogens with two attached hydrogens (primary N) is 1. The van der Waals surface area contributed by atoms with E-state index >= 15 is 0 Å². The number of rotatable bonds is 8. The second-order valence-electron chi connectivity index (χ2n) is 13.6. The molecular weight excluding hydrogens is 544 g/mol. The first-order chi connectivity index (χ1) is 19.9. The first kappa shape index (κ1) is 28.5. The number of carbonyl (C=O) groups excluding carboxylic acids is 2. The van der Waals surface area contributed by atoms with Crippen LogP contribution in [0.5, 0.6) is 5.88 Å². The predicted octanol–water partition coefficient (Wildman–Crippen LogP) is 1.83. The Morgan fingerprint density at radius 3 is 2.24 bits per heavy atom. The van der Waals surface area contributed by atoms with E-state index in [1.165, 1.54) is 21.1 Å². The normalized spacial score (nSPS) is 32.6. The third kappa shape index (κ3) is 4.26. The predicted molar refractivity (Wildman–Crippen MR) is 150 cm³/mol. The molecule has 0 bridgehead atoms. The van der Waals surface area contributed by atoms with Crippen molar-refractivity contribution in [2.75, 3.05) is 13.6 Å². The summed E-state index contributed by atoms with van der Waals surface area (Å²) in [4.78, 5) is 67.3. The van der Waals surface area contributed by atoms with Crippen molar-refractivity contribution < 1.29 is 24.6 Å². The van der Waals surface area contributed by atoms with E-state index in [1.54, 1.807) is 4.90 Å². The number of nitrogen functional groups attached to an aromatic ring is 1. The minimum atomic E-state index is -0.888. The Balaban J connectivity index is 1.17. The summed E-state index contributed by atoms with van der Waals surface area (Å²) < 4.78 is 2.37. The van der Waals surface area contributed by atoms with Crippen molar-refractivity contribution in [2.24, 2.45) is 28.9 Å². The topological polar surface area (TPSA) is 192 Å². The molecule has 4 aliphatic carbocycles. The number of aromatic nitrogens is 2. The first-order valence-electron chi connectivity index (χ1n) is 15.1. The molecule has 0 radical (unpaired) electrons. The molecule has 6 rings (SSSR count). The zero-order valence-corrected chi connectivity index (χ0v) is 24.0. The number of urea groups is 1. The van der Waals surface area contributed by atoms with Gasteiger partial charge in [-0.1, -0.05) is 6.42 Å². The number of hydrogen-bond acceptors (Lipinski definition) is 7. The minimum Gasteiger partial charge on any atom is -0.494 e. The fraction of sp³-hybridized carbons (Fsp3) is 0.724. The van der Waals surface area contributed by atoms with Crippen LogP contribution in [-0.4, -0.2) is 72.0 Å². The number of nitrogens with zero attached hydrogens (tertiary/aromatic N) is 4. The SMILES string of the molecule is CN1C(=O)N(CCC2CC(C(=O)O)C2)C2(CC3(CCC(n4c(=O)c(C(=N)N)c(O)n(CC5CCC5)c4=O)CC3)C2)C1=O. The molecule has 1 aliphatic heterocycles. The minimum absolute atomic E-state index is 0.185. The second-order valence-corrected chi connectivity index (χ2v) is 13.6. The Kier molecular flexibility index (Phi) is 6.76. The number of carboxylic acid groups (broad SMARTS) is 1. The highest BCUT2D eigenvalue weighted by Crippen LogP contribution is 2.62. The van der Waals surface area contributed by atoms with Crippen LogP contribution in [0.2, 0.25) is 0 Å². The third-order valence-corrected chi connectivity index (χ3v) is 11.1. The van der Waals surface area contributed by atoms with Gasteiger partial charge < -0.3 is 20.8 Å². The number of amides is 3. The maximum atomic E-state index is 13.5. The Morgan fingerprint density at radius 2 is 1.69 bits per heavy atom. The van der Waals surface area contributed by atoms with Crippen LogP contribution in [0.25, 0.3) is 0 Å². The highest BCUT2D eigenvalue weighted by atomic mass is 16.4. The highest BCUT2D eigenvalue weighted by Gasteiger charge is 2.67. The maximum Gasteiger partial charge on any atom is 0.334 e. The number of carbonyl (C=O) groups is 3. The van der Waals surface area contributed by atoms with Crippen molar-refractivity contribution in [1.82, 2.24) is 18.9 Å². The zero-order chi connectivity index (χ0) is 30.1. The number of carboxylic acids is 1. The van der Waals surface area contributed by atoms with Crippen molar-refractivity contribution in [3.8, 4) is 5.88 Å². The molecule has 0 aromatic carbocycles. The summed E-state index contributed by atoms with van der Waals surface area (Å²) in [5.74, 6) is -1.94. The van der Waals surface area contributed by atoms with Crippen LogP contribution >= 0.6 is 0 Å². The van der Waals surface area contributed by atoms with E-state index < -0.39 is 40.5 Å². The number of nitrogens with one attached hydrogen (secondary N) is 1. The first-order valence-corrected chi connectivity index (χ1v) is 15.1. The van der Waals surface area contributed by atoms with Crippen LogP contribution in [0.15, 0.2) is 9.59 Å². The Labute approximate surface area is 242 Å². The molecule has 5 aliphatic rings. The van der Waals surface area contributed by atoms with Crippen molar-refractivity contribution in [3.63, 3.8) is 0 Å². The van der Waals surface area contributed by atoms with Crippen LogP contribution in [0.1, 0.15) is 88.7 Å². The fourth-order valence-corrected chi connectivity index (χ4v) is 8.35. The molecule has 5 N–H and O–H groups in total. The lowest BCUT2D eigenvalue weighted by Gasteiger charge is -2.58. The number of amidine groups is 1. The van der Waals surface area contributed by atoms with Gasteiger partial charge in [0.25, 0.3) is 11.5 Å². The van der Waals surface area contributed by atoms with Gasteiger partial charge in [0.2, 0.25) is 5.88 Å². The quantitative estimate of drug-likeness (QED) is 0.202. The van der Waals surface area contributed by atoms with Crippen LogP contribution in [0, 0.1) is 28.6 Å². The third-order valence-electron chi connectivity index (χ3n) is 11.1. The summed E-state index contributed by atoms with van der Waals surface area (Å²) in [6.07, 6.45) is 8.24. The van der Waals surface area contributed by atoms with Crippen LogP contribution in [-0.2, 0) is 16.1 Å². The van der Waals surface area contributed by atoms with E-state index in [4.69, 9.17) is 16.2 Å². The number of aliphatic carboxylic acids is 1. The van der Waals surface area contributed by atoms with Gasteiger partial charge >= 0.3 is 17.7 Å². The molecule has 3 amide bonds. The number of likely N-dealkylation sites (N-methyl/N-ethyl adjacent to an activating group) is 1. The molecule has 13 nitrogen and oxygen atoms in total. The molecule has 0 unspecified atom stereocenters. The Bertz CT molecular complexity index is 1450. The molecule has 2 heterocycles. The molecule has 1 aromatic rings. The average molecular weight is 585 g/mol. The second kappa shape index (κ2) is 9.98. The van der Waals surface area contributed by atoms with E-state index in [-0.39, 0.29) is 47.2 Å².